The zero-order valence-electron chi connectivity index (χ0n) is 8.77. The topological polar surface area (TPSA) is 42.2 Å². The molecule has 0 saturated heterocycles. The molecule has 0 saturated carbocycles. The van der Waals surface area contributed by atoms with Crippen molar-refractivity contribution in [1.82, 2.24) is 4.98 Å². The number of hydrogen-bond acceptors (Lipinski definition) is 4. The number of anilines is 3. The molecular formula is C11H13N3S. The summed E-state index contributed by atoms with van der Waals surface area (Å²) in [5.74, 6) is 0. The molecule has 0 spiro atoms. The normalized spacial score (nSPS) is 10.3. The van der Waals surface area contributed by atoms with Crippen molar-refractivity contribution >= 4 is 27.2 Å². The van der Waals surface area contributed by atoms with Gasteiger partial charge >= 0.3 is 0 Å². The van der Waals surface area contributed by atoms with Crippen LogP contribution in [0.3, 0.4) is 0 Å². The summed E-state index contributed by atoms with van der Waals surface area (Å²) in [5.41, 5.74) is 8.02. The number of thiazole rings is 1. The third-order valence-electron chi connectivity index (χ3n) is 2.19. The molecule has 0 aliphatic rings. The second-order valence-corrected chi connectivity index (χ2v) is 4.48. The van der Waals surface area contributed by atoms with Gasteiger partial charge in [-0.05, 0) is 24.6 Å². The SMILES string of the molecule is Cc1cccc(N(C)c2ncc(N)s2)c1. The highest BCUT2D eigenvalue weighted by Gasteiger charge is 2.07. The van der Waals surface area contributed by atoms with Gasteiger partial charge in [0.2, 0.25) is 0 Å². The Kier molecular flexibility index (Phi) is 2.60. The van der Waals surface area contributed by atoms with Crippen LogP contribution in [0.5, 0.6) is 0 Å². The Morgan fingerprint density at radius 3 is 2.80 bits per heavy atom. The minimum absolute atomic E-state index is 0.740. The largest absolute Gasteiger partial charge is 0.389 e. The van der Waals surface area contributed by atoms with Crippen LogP contribution in [0.25, 0.3) is 0 Å². The van der Waals surface area contributed by atoms with Gasteiger partial charge in [-0.1, -0.05) is 23.5 Å². The van der Waals surface area contributed by atoms with Gasteiger partial charge in [-0.3, -0.25) is 0 Å². The van der Waals surface area contributed by atoms with Crippen molar-refractivity contribution in [3.63, 3.8) is 0 Å². The first-order valence-electron chi connectivity index (χ1n) is 4.68. The molecule has 2 rings (SSSR count). The molecule has 1 heterocycles. The summed E-state index contributed by atoms with van der Waals surface area (Å²) in [4.78, 5) is 6.28. The van der Waals surface area contributed by atoms with Crippen molar-refractivity contribution in [3.05, 3.63) is 36.0 Å². The van der Waals surface area contributed by atoms with Gasteiger partial charge in [-0.2, -0.15) is 0 Å². The molecule has 78 valence electrons. The van der Waals surface area contributed by atoms with E-state index in [1.165, 1.54) is 16.9 Å². The average Bonchev–Trinajstić information content (AvgIpc) is 2.64. The van der Waals surface area contributed by atoms with Gasteiger partial charge in [0.05, 0.1) is 6.20 Å². The van der Waals surface area contributed by atoms with Crippen LogP contribution in [0.2, 0.25) is 0 Å². The van der Waals surface area contributed by atoms with Gasteiger partial charge in [-0.15, -0.1) is 0 Å². The number of nitrogens with two attached hydrogens (primary N) is 1. The predicted octanol–water partition coefficient (Wildman–Crippen LogP) is 2.80. The lowest BCUT2D eigenvalue weighted by Crippen LogP contribution is -2.08. The summed E-state index contributed by atoms with van der Waals surface area (Å²) < 4.78 is 0. The summed E-state index contributed by atoms with van der Waals surface area (Å²) in [7, 11) is 1.99. The van der Waals surface area contributed by atoms with E-state index in [4.69, 9.17) is 5.73 Å². The Morgan fingerprint density at radius 2 is 2.20 bits per heavy atom. The zero-order valence-corrected chi connectivity index (χ0v) is 9.58. The maximum absolute atomic E-state index is 5.65. The standard InChI is InChI=1S/C11H13N3S/c1-8-4-3-5-9(6-8)14(2)11-13-7-10(12)15-11/h3-7H,12H2,1-2H3. The quantitative estimate of drug-likeness (QED) is 0.844. The van der Waals surface area contributed by atoms with E-state index in [0.29, 0.717) is 0 Å². The molecule has 1 aromatic heterocycles. The second-order valence-electron chi connectivity index (χ2n) is 3.44. The van der Waals surface area contributed by atoms with Crippen molar-refractivity contribution in [2.45, 2.75) is 6.92 Å². The van der Waals surface area contributed by atoms with E-state index in [-0.39, 0.29) is 0 Å². The Bertz CT molecular complexity index is 464. The molecule has 0 amide bonds. The third kappa shape index (κ3) is 2.10. The Hall–Kier alpha value is -1.55. The number of benzene rings is 1. The van der Waals surface area contributed by atoms with E-state index in [0.717, 1.165) is 15.8 Å². The van der Waals surface area contributed by atoms with E-state index in [1.54, 1.807) is 6.20 Å². The molecule has 15 heavy (non-hydrogen) atoms. The predicted molar refractivity (Wildman–Crippen MR) is 65.8 cm³/mol. The minimum atomic E-state index is 0.740. The first-order chi connectivity index (χ1) is 7.16. The van der Waals surface area contributed by atoms with Crippen molar-refractivity contribution in [2.24, 2.45) is 0 Å². The summed E-state index contributed by atoms with van der Waals surface area (Å²) in [5, 5.41) is 1.66. The van der Waals surface area contributed by atoms with Crippen molar-refractivity contribution in [1.29, 1.82) is 0 Å². The van der Waals surface area contributed by atoms with E-state index in [2.05, 4.69) is 30.1 Å². The second kappa shape index (κ2) is 3.90. The summed E-state index contributed by atoms with van der Waals surface area (Å²) in [6.45, 7) is 2.08. The molecule has 0 fully saturated rings. The molecule has 2 N–H and O–H groups in total. The van der Waals surface area contributed by atoms with Crippen molar-refractivity contribution in [3.8, 4) is 0 Å². The summed E-state index contributed by atoms with van der Waals surface area (Å²) >= 11 is 1.49. The van der Waals surface area contributed by atoms with Gasteiger partial charge in [-0.25, -0.2) is 4.98 Å². The van der Waals surface area contributed by atoms with E-state index in [9.17, 15) is 0 Å². The highest BCUT2D eigenvalue weighted by atomic mass is 32.1. The van der Waals surface area contributed by atoms with Gasteiger partial charge < -0.3 is 10.6 Å². The van der Waals surface area contributed by atoms with Gasteiger partial charge in [0.1, 0.15) is 5.00 Å². The lowest BCUT2D eigenvalue weighted by Gasteiger charge is -2.15. The number of rotatable bonds is 2. The van der Waals surface area contributed by atoms with Crippen LogP contribution in [0.1, 0.15) is 5.56 Å². The van der Waals surface area contributed by atoms with E-state index in [1.807, 2.05) is 18.0 Å². The number of nitrogens with zero attached hydrogens (tertiary/aromatic N) is 2. The lowest BCUT2D eigenvalue weighted by molar-refractivity contribution is 1.17. The van der Waals surface area contributed by atoms with Crippen LogP contribution in [0.15, 0.2) is 30.5 Å². The van der Waals surface area contributed by atoms with E-state index < -0.39 is 0 Å². The van der Waals surface area contributed by atoms with Gasteiger partial charge in [0.25, 0.3) is 0 Å². The fourth-order valence-electron chi connectivity index (χ4n) is 1.38. The van der Waals surface area contributed by atoms with Crippen LogP contribution in [-0.4, -0.2) is 12.0 Å². The molecule has 0 radical (unpaired) electrons. The maximum Gasteiger partial charge on any atom is 0.191 e. The Morgan fingerprint density at radius 1 is 1.40 bits per heavy atom. The number of aryl methyl sites for hydroxylation is 1. The molecule has 0 aliphatic carbocycles. The summed E-state index contributed by atoms with van der Waals surface area (Å²) in [6, 6.07) is 8.30. The van der Waals surface area contributed by atoms with E-state index >= 15 is 0 Å². The van der Waals surface area contributed by atoms with Crippen LogP contribution in [0, 0.1) is 6.92 Å². The molecule has 0 atom stereocenters. The summed E-state index contributed by atoms with van der Waals surface area (Å²) in [6.07, 6.45) is 1.69. The lowest BCUT2D eigenvalue weighted by atomic mass is 10.2. The number of aromatic nitrogens is 1. The molecule has 0 aliphatic heterocycles. The van der Waals surface area contributed by atoms with Crippen molar-refractivity contribution < 1.29 is 0 Å². The van der Waals surface area contributed by atoms with Crippen LogP contribution < -0.4 is 10.6 Å². The molecule has 0 bridgehead atoms. The Labute approximate surface area is 93.2 Å². The molecule has 3 nitrogen and oxygen atoms in total. The molecule has 4 heteroatoms. The fourth-order valence-corrected chi connectivity index (χ4v) is 2.04. The average molecular weight is 219 g/mol. The van der Waals surface area contributed by atoms with Crippen LogP contribution in [-0.2, 0) is 0 Å². The number of nitrogen functional groups attached to an aromatic ring is 1. The first-order valence-corrected chi connectivity index (χ1v) is 5.50. The highest BCUT2D eigenvalue weighted by molar-refractivity contribution is 7.19. The fraction of sp³-hybridized carbons (Fsp3) is 0.182. The Balaban J connectivity index is 2.32. The maximum atomic E-state index is 5.65. The monoisotopic (exact) mass is 219 g/mol. The minimum Gasteiger partial charge on any atom is -0.389 e. The molecular weight excluding hydrogens is 206 g/mol. The highest BCUT2D eigenvalue weighted by Crippen LogP contribution is 2.29. The van der Waals surface area contributed by atoms with Crippen molar-refractivity contribution in [2.75, 3.05) is 17.7 Å². The first kappa shape index (κ1) is 9.98. The number of hydrogen-bond donors (Lipinski definition) is 1. The molecule has 2 aromatic rings. The van der Waals surface area contributed by atoms with Crippen LogP contribution in [0.4, 0.5) is 15.8 Å². The molecule has 0 unspecified atom stereocenters. The molecule has 1 aromatic carbocycles. The van der Waals surface area contributed by atoms with Crippen LogP contribution >= 0.6 is 11.3 Å². The van der Waals surface area contributed by atoms with Gasteiger partial charge in [0.15, 0.2) is 5.13 Å². The van der Waals surface area contributed by atoms with Gasteiger partial charge in [0, 0.05) is 12.7 Å². The smallest absolute Gasteiger partial charge is 0.191 e. The zero-order chi connectivity index (χ0) is 10.8. The third-order valence-corrected chi connectivity index (χ3v) is 3.09.